The molecule has 214 valence electrons. The molecule has 0 aliphatic heterocycles. The second-order valence-electron chi connectivity index (χ2n) is 11.7. The molecule has 0 bridgehead atoms. The minimum absolute atomic E-state index is 0.650. The van der Waals surface area contributed by atoms with Crippen LogP contribution in [0.15, 0.2) is 164 Å². The summed E-state index contributed by atoms with van der Waals surface area (Å²) in [5.41, 5.74) is 12.1. The maximum absolute atomic E-state index is 9.76. The van der Waals surface area contributed by atoms with Crippen molar-refractivity contribution < 1.29 is 0 Å². The third-order valence-electron chi connectivity index (χ3n) is 9.15. The molecule has 2 heterocycles. The number of rotatable bonds is 4. The highest BCUT2D eigenvalue weighted by molar-refractivity contribution is 6.11. The predicted molar refractivity (Wildman–Crippen MR) is 191 cm³/mol. The minimum Gasteiger partial charge on any atom is -0.309 e. The van der Waals surface area contributed by atoms with Gasteiger partial charge in [-0.3, -0.25) is 0 Å². The van der Waals surface area contributed by atoms with Crippen LogP contribution >= 0.6 is 0 Å². The van der Waals surface area contributed by atoms with Crippen LogP contribution in [-0.4, -0.2) is 9.13 Å². The van der Waals surface area contributed by atoms with Crippen LogP contribution in [0.2, 0.25) is 0 Å². The number of fused-ring (bicyclic) bond motifs is 6. The Morgan fingerprint density at radius 3 is 1.65 bits per heavy atom. The summed E-state index contributed by atoms with van der Waals surface area (Å²) in [5.74, 6) is 0. The number of aromatic nitrogens is 2. The van der Waals surface area contributed by atoms with Gasteiger partial charge in [0, 0.05) is 32.9 Å². The molecule has 0 N–H and O–H groups in total. The van der Waals surface area contributed by atoms with E-state index in [0.717, 1.165) is 44.3 Å². The summed E-state index contributed by atoms with van der Waals surface area (Å²) in [5, 5.41) is 14.6. The number of benzene rings is 7. The predicted octanol–water partition coefficient (Wildman–Crippen LogP) is 11.1. The topological polar surface area (TPSA) is 33.6 Å². The first-order valence-electron chi connectivity index (χ1n) is 15.5. The van der Waals surface area contributed by atoms with Gasteiger partial charge in [-0.1, -0.05) is 103 Å². The van der Waals surface area contributed by atoms with Crippen LogP contribution in [0.25, 0.3) is 77.2 Å². The summed E-state index contributed by atoms with van der Waals surface area (Å²) in [4.78, 5) is 0. The van der Waals surface area contributed by atoms with E-state index in [1.807, 2.05) is 18.2 Å². The fourth-order valence-corrected chi connectivity index (χ4v) is 7.01. The summed E-state index contributed by atoms with van der Waals surface area (Å²) in [7, 11) is 0. The molecule has 0 amide bonds. The van der Waals surface area contributed by atoms with Crippen molar-refractivity contribution in [2.75, 3.05) is 0 Å². The van der Waals surface area contributed by atoms with Crippen molar-refractivity contribution in [1.82, 2.24) is 9.13 Å². The number of hydrogen-bond acceptors (Lipinski definition) is 1. The van der Waals surface area contributed by atoms with Gasteiger partial charge in [-0.05, 0) is 82.9 Å². The van der Waals surface area contributed by atoms with Gasteiger partial charge < -0.3 is 9.13 Å². The van der Waals surface area contributed by atoms with Gasteiger partial charge in [-0.15, -0.1) is 0 Å². The van der Waals surface area contributed by atoms with Crippen LogP contribution in [-0.2, 0) is 0 Å². The molecule has 7 aromatic carbocycles. The molecule has 9 aromatic rings. The fourth-order valence-electron chi connectivity index (χ4n) is 7.01. The molecule has 2 aromatic heterocycles. The maximum atomic E-state index is 9.76. The van der Waals surface area contributed by atoms with Gasteiger partial charge in [0.25, 0.3) is 0 Å². The molecular formula is C43H27N3. The molecule has 9 rings (SSSR count). The summed E-state index contributed by atoms with van der Waals surface area (Å²) < 4.78 is 4.64. The first kappa shape index (κ1) is 26.1. The standard InChI is InChI=1S/C43H27N3/c44-28-29-17-23-38-39-27-33(20-24-42(39)45(43(38)25-29)34-21-18-31(19-22-34)30-9-2-1-3-10-30)32-11-8-12-35(26-32)46-40-15-6-4-13-36(40)37-14-5-7-16-41(37)46/h1-27H. The third-order valence-corrected chi connectivity index (χ3v) is 9.15. The van der Waals surface area contributed by atoms with E-state index in [-0.39, 0.29) is 0 Å². The Labute approximate surface area is 266 Å². The van der Waals surface area contributed by atoms with Crippen molar-refractivity contribution in [2.45, 2.75) is 0 Å². The number of para-hydroxylation sites is 2. The summed E-state index contributed by atoms with van der Waals surface area (Å²) in [6.07, 6.45) is 0. The monoisotopic (exact) mass is 585 g/mol. The van der Waals surface area contributed by atoms with Crippen molar-refractivity contribution in [1.29, 1.82) is 5.26 Å². The van der Waals surface area contributed by atoms with Crippen LogP contribution in [0.5, 0.6) is 0 Å². The van der Waals surface area contributed by atoms with E-state index < -0.39 is 0 Å². The molecule has 0 saturated heterocycles. The summed E-state index contributed by atoms with van der Waals surface area (Å²) >= 11 is 0. The second kappa shape index (κ2) is 10.4. The Morgan fingerprint density at radius 1 is 0.348 bits per heavy atom. The van der Waals surface area contributed by atoms with Gasteiger partial charge in [-0.25, -0.2) is 0 Å². The van der Waals surface area contributed by atoms with Gasteiger partial charge >= 0.3 is 0 Å². The van der Waals surface area contributed by atoms with Gasteiger partial charge in [0.15, 0.2) is 0 Å². The zero-order valence-electron chi connectivity index (χ0n) is 24.9. The molecule has 0 atom stereocenters. The van der Waals surface area contributed by atoms with Crippen LogP contribution in [0.1, 0.15) is 5.56 Å². The highest BCUT2D eigenvalue weighted by Crippen LogP contribution is 2.37. The van der Waals surface area contributed by atoms with Gasteiger partial charge in [-0.2, -0.15) is 5.26 Å². The van der Waals surface area contributed by atoms with Crippen LogP contribution in [0.4, 0.5) is 0 Å². The fraction of sp³-hybridized carbons (Fsp3) is 0. The van der Waals surface area contributed by atoms with E-state index in [2.05, 4.69) is 161 Å². The number of nitriles is 1. The van der Waals surface area contributed by atoms with Crippen molar-refractivity contribution in [3.8, 4) is 39.7 Å². The number of hydrogen-bond donors (Lipinski definition) is 0. The van der Waals surface area contributed by atoms with Gasteiger partial charge in [0.1, 0.15) is 0 Å². The summed E-state index contributed by atoms with van der Waals surface area (Å²) in [6, 6.07) is 60.2. The highest BCUT2D eigenvalue weighted by Gasteiger charge is 2.16. The average Bonchev–Trinajstić information content (AvgIpc) is 3.64. The quantitative estimate of drug-likeness (QED) is 0.202. The Bertz CT molecular complexity index is 2580. The van der Waals surface area contributed by atoms with E-state index in [9.17, 15) is 5.26 Å². The largest absolute Gasteiger partial charge is 0.309 e. The molecule has 0 aliphatic rings. The lowest BCUT2D eigenvalue weighted by Gasteiger charge is -2.11. The lowest BCUT2D eigenvalue weighted by atomic mass is 10.0. The normalized spacial score (nSPS) is 11.5. The molecule has 0 fully saturated rings. The molecular weight excluding hydrogens is 558 g/mol. The number of nitrogens with zero attached hydrogens (tertiary/aromatic N) is 3. The van der Waals surface area contributed by atoms with Crippen LogP contribution in [0.3, 0.4) is 0 Å². The highest BCUT2D eigenvalue weighted by atomic mass is 15.0. The Balaban J connectivity index is 1.21. The van der Waals surface area contributed by atoms with Crippen molar-refractivity contribution in [3.05, 3.63) is 169 Å². The van der Waals surface area contributed by atoms with Crippen molar-refractivity contribution in [2.24, 2.45) is 0 Å². The van der Waals surface area contributed by atoms with E-state index in [0.29, 0.717) is 5.56 Å². The lowest BCUT2D eigenvalue weighted by molar-refractivity contribution is 1.18. The minimum atomic E-state index is 0.650. The van der Waals surface area contributed by atoms with Crippen LogP contribution < -0.4 is 0 Å². The zero-order valence-corrected chi connectivity index (χ0v) is 24.9. The maximum Gasteiger partial charge on any atom is 0.0992 e. The van der Waals surface area contributed by atoms with E-state index in [4.69, 9.17) is 0 Å². The van der Waals surface area contributed by atoms with E-state index in [1.165, 1.54) is 32.9 Å². The van der Waals surface area contributed by atoms with Crippen molar-refractivity contribution in [3.63, 3.8) is 0 Å². The Hall–Kier alpha value is -6.37. The molecule has 0 unspecified atom stereocenters. The molecule has 0 radical (unpaired) electrons. The van der Waals surface area contributed by atoms with E-state index >= 15 is 0 Å². The smallest absolute Gasteiger partial charge is 0.0992 e. The first-order chi connectivity index (χ1) is 22.8. The Morgan fingerprint density at radius 2 is 0.913 bits per heavy atom. The average molecular weight is 586 g/mol. The SMILES string of the molecule is N#Cc1ccc2c3cc(-c4cccc(-n5c6ccccc6c6ccccc65)c4)ccc3n(-c3ccc(-c4ccccc4)cc3)c2c1. The second-order valence-corrected chi connectivity index (χ2v) is 11.7. The van der Waals surface area contributed by atoms with E-state index in [1.54, 1.807) is 0 Å². The first-order valence-corrected chi connectivity index (χ1v) is 15.5. The molecule has 0 saturated carbocycles. The summed E-state index contributed by atoms with van der Waals surface area (Å²) in [6.45, 7) is 0. The molecule has 0 spiro atoms. The lowest BCUT2D eigenvalue weighted by Crippen LogP contribution is -1.95. The van der Waals surface area contributed by atoms with Gasteiger partial charge in [0.05, 0.1) is 33.7 Å². The molecule has 3 nitrogen and oxygen atoms in total. The Kier molecular flexibility index (Phi) is 5.88. The van der Waals surface area contributed by atoms with Crippen molar-refractivity contribution >= 4 is 43.6 Å². The molecule has 46 heavy (non-hydrogen) atoms. The van der Waals surface area contributed by atoms with Gasteiger partial charge in [0.2, 0.25) is 0 Å². The molecule has 3 heteroatoms. The third kappa shape index (κ3) is 4.05. The zero-order chi connectivity index (χ0) is 30.6. The van der Waals surface area contributed by atoms with Crippen LogP contribution in [0, 0.1) is 11.3 Å². The molecule has 0 aliphatic carbocycles.